The van der Waals surface area contributed by atoms with E-state index >= 15 is 0 Å². The zero-order valence-corrected chi connectivity index (χ0v) is 12.2. The molecular formula is C14H22F3NO3. The molecule has 1 rings (SSSR count). The molecule has 0 aromatic rings. The summed E-state index contributed by atoms with van der Waals surface area (Å²) in [6, 6.07) is -1.04. The first kappa shape index (κ1) is 17.8. The van der Waals surface area contributed by atoms with Gasteiger partial charge in [0.2, 0.25) is 5.91 Å². The monoisotopic (exact) mass is 309 g/mol. The smallest absolute Gasteiger partial charge is 0.391 e. The van der Waals surface area contributed by atoms with Crippen molar-refractivity contribution in [3.05, 3.63) is 0 Å². The topological polar surface area (TPSA) is 66.4 Å². The number of hydrogen-bond donors (Lipinski definition) is 2. The van der Waals surface area contributed by atoms with Crippen molar-refractivity contribution in [3.63, 3.8) is 0 Å². The second-order valence-electron chi connectivity index (χ2n) is 6.13. The van der Waals surface area contributed by atoms with Crippen LogP contribution in [-0.4, -0.2) is 29.2 Å². The molecule has 1 saturated carbocycles. The highest BCUT2D eigenvalue weighted by Crippen LogP contribution is 2.39. The molecule has 4 nitrogen and oxygen atoms in total. The van der Waals surface area contributed by atoms with E-state index in [2.05, 4.69) is 5.32 Å². The van der Waals surface area contributed by atoms with Gasteiger partial charge < -0.3 is 10.4 Å². The first-order valence-electron chi connectivity index (χ1n) is 7.21. The quantitative estimate of drug-likeness (QED) is 0.820. The maximum atomic E-state index is 12.7. The van der Waals surface area contributed by atoms with Gasteiger partial charge in [-0.1, -0.05) is 20.3 Å². The highest BCUT2D eigenvalue weighted by Gasteiger charge is 2.43. The number of halogens is 3. The average Bonchev–Trinajstić information content (AvgIpc) is 2.36. The Morgan fingerprint density at radius 3 is 2.38 bits per heavy atom. The Kier molecular flexibility index (Phi) is 6.04. The molecule has 122 valence electrons. The fraction of sp³-hybridized carbons (Fsp3) is 0.857. The Hall–Kier alpha value is -1.27. The lowest BCUT2D eigenvalue weighted by atomic mass is 9.80. The molecule has 0 saturated heterocycles. The Labute approximate surface area is 122 Å². The third kappa shape index (κ3) is 5.55. The summed E-state index contributed by atoms with van der Waals surface area (Å²) in [4.78, 5) is 23.1. The van der Waals surface area contributed by atoms with Crippen molar-refractivity contribution in [2.24, 2.45) is 17.8 Å². The molecule has 0 radical (unpaired) electrons. The van der Waals surface area contributed by atoms with E-state index in [9.17, 15) is 22.8 Å². The Bertz CT molecular complexity index is 382. The van der Waals surface area contributed by atoms with Gasteiger partial charge in [-0.2, -0.15) is 13.2 Å². The fourth-order valence-electron chi connectivity index (χ4n) is 2.71. The minimum atomic E-state index is -4.29. The predicted octanol–water partition coefficient (Wildman–Crippen LogP) is 2.97. The molecule has 3 atom stereocenters. The van der Waals surface area contributed by atoms with E-state index in [4.69, 9.17) is 5.11 Å². The molecule has 7 heteroatoms. The van der Waals surface area contributed by atoms with Crippen LogP contribution in [0.1, 0.15) is 46.0 Å². The van der Waals surface area contributed by atoms with Crippen LogP contribution in [0.4, 0.5) is 13.2 Å². The van der Waals surface area contributed by atoms with E-state index in [1.807, 2.05) is 13.8 Å². The lowest BCUT2D eigenvalue weighted by Crippen LogP contribution is -2.46. The summed E-state index contributed by atoms with van der Waals surface area (Å²) in [6.45, 7) is 3.64. The third-order valence-corrected chi connectivity index (χ3v) is 3.83. The van der Waals surface area contributed by atoms with Gasteiger partial charge in [0, 0.05) is 5.92 Å². The summed E-state index contributed by atoms with van der Waals surface area (Å²) < 4.78 is 38.1. The van der Waals surface area contributed by atoms with Gasteiger partial charge in [0.15, 0.2) is 0 Å². The molecule has 1 amide bonds. The molecule has 0 unspecified atom stereocenters. The zero-order chi connectivity index (χ0) is 16.2. The summed E-state index contributed by atoms with van der Waals surface area (Å²) in [5.74, 6) is -3.87. The van der Waals surface area contributed by atoms with Crippen molar-refractivity contribution in [1.29, 1.82) is 0 Å². The van der Waals surface area contributed by atoms with E-state index in [0.29, 0.717) is 12.8 Å². The van der Waals surface area contributed by atoms with Gasteiger partial charge in [-0.15, -0.1) is 0 Å². The second kappa shape index (κ2) is 7.13. The van der Waals surface area contributed by atoms with Crippen molar-refractivity contribution < 1.29 is 27.9 Å². The number of carbonyl (C=O) groups is 2. The van der Waals surface area contributed by atoms with Gasteiger partial charge in [0.1, 0.15) is 6.04 Å². The highest BCUT2D eigenvalue weighted by atomic mass is 19.4. The van der Waals surface area contributed by atoms with E-state index in [-0.39, 0.29) is 25.2 Å². The van der Waals surface area contributed by atoms with Gasteiger partial charge in [0.25, 0.3) is 0 Å². The van der Waals surface area contributed by atoms with Crippen LogP contribution < -0.4 is 5.32 Å². The maximum absolute atomic E-state index is 12.7. The number of nitrogens with one attached hydrogen (secondary N) is 1. The van der Waals surface area contributed by atoms with Crippen LogP contribution in [-0.2, 0) is 9.59 Å². The lowest BCUT2D eigenvalue weighted by Gasteiger charge is -2.30. The van der Waals surface area contributed by atoms with Crippen molar-refractivity contribution in [2.75, 3.05) is 0 Å². The fourth-order valence-corrected chi connectivity index (χ4v) is 2.71. The number of amides is 1. The number of carboxylic acids is 1. The summed E-state index contributed by atoms with van der Waals surface area (Å²) in [7, 11) is 0. The number of rotatable bonds is 5. The molecular weight excluding hydrogens is 287 g/mol. The van der Waals surface area contributed by atoms with Crippen LogP contribution in [0.2, 0.25) is 0 Å². The van der Waals surface area contributed by atoms with Gasteiger partial charge in [-0.05, 0) is 31.6 Å². The summed E-state index contributed by atoms with van der Waals surface area (Å²) in [5, 5.41) is 11.4. The van der Waals surface area contributed by atoms with Crippen molar-refractivity contribution in [3.8, 4) is 0 Å². The first-order chi connectivity index (χ1) is 9.61. The van der Waals surface area contributed by atoms with Crippen LogP contribution in [0, 0.1) is 17.8 Å². The van der Waals surface area contributed by atoms with Crippen molar-refractivity contribution >= 4 is 11.9 Å². The first-order valence-corrected chi connectivity index (χ1v) is 7.21. The number of carboxylic acid groups (broad SMARTS) is 1. The van der Waals surface area contributed by atoms with Crippen LogP contribution in [0.5, 0.6) is 0 Å². The predicted molar refractivity (Wildman–Crippen MR) is 70.5 cm³/mol. The second-order valence-corrected chi connectivity index (χ2v) is 6.13. The summed E-state index contributed by atoms with van der Waals surface area (Å²) >= 11 is 0. The molecule has 0 bridgehead atoms. The van der Waals surface area contributed by atoms with Crippen molar-refractivity contribution in [2.45, 2.75) is 58.2 Å². The minimum absolute atomic E-state index is 0.0433. The number of carbonyl (C=O) groups excluding carboxylic acids is 1. The van der Waals surface area contributed by atoms with Crippen LogP contribution in [0.25, 0.3) is 0 Å². The Balaban J connectivity index is 2.63. The standard InChI is InChI=1S/C14H22F3NO3/c1-8(2)6-11(13(20)21)18-12(19)9-4-3-5-10(7-9)14(15,16)17/h8-11H,3-7H2,1-2H3,(H,18,19)(H,20,21)/t9-,10+,11-/m0/s1. The molecule has 2 N–H and O–H groups in total. The van der Waals surface area contributed by atoms with Crippen molar-refractivity contribution in [1.82, 2.24) is 5.32 Å². The van der Waals surface area contributed by atoms with E-state index in [1.54, 1.807) is 0 Å². The molecule has 21 heavy (non-hydrogen) atoms. The zero-order valence-electron chi connectivity index (χ0n) is 12.2. The Morgan fingerprint density at radius 1 is 1.29 bits per heavy atom. The molecule has 0 heterocycles. The minimum Gasteiger partial charge on any atom is -0.480 e. The lowest BCUT2D eigenvalue weighted by molar-refractivity contribution is -0.186. The molecule has 1 aliphatic carbocycles. The molecule has 0 aromatic heterocycles. The third-order valence-electron chi connectivity index (χ3n) is 3.83. The molecule has 1 aliphatic rings. The van der Waals surface area contributed by atoms with Gasteiger partial charge in [-0.25, -0.2) is 4.79 Å². The maximum Gasteiger partial charge on any atom is 0.391 e. The largest absolute Gasteiger partial charge is 0.480 e. The summed E-state index contributed by atoms with van der Waals surface area (Å²) in [6.07, 6.45) is -3.51. The molecule has 1 fully saturated rings. The molecule has 0 aliphatic heterocycles. The van der Waals surface area contributed by atoms with E-state index < -0.39 is 35.9 Å². The highest BCUT2D eigenvalue weighted by molar-refractivity contribution is 5.85. The van der Waals surface area contributed by atoms with E-state index in [1.165, 1.54) is 0 Å². The summed E-state index contributed by atoms with van der Waals surface area (Å²) in [5.41, 5.74) is 0. The van der Waals surface area contributed by atoms with Gasteiger partial charge in [0.05, 0.1) is 5.92 Å². The van der Waals surface area contributed by atoms with Crippen LogP contribution in [0.15, 0.2) is 0 Å². The molecule has 0 spiro atoms. The average molecular weight is 309 g/mol. The number of alkyl halides is 3. The van der Waals surface area contributed by atoms with Gasteiger partial charge in [-0.3, -0.25) is 4.79 Å². The van der Waals surface area contributed by atoms with Crippen LogP contribution >= 0.6 is 0 Å². The van der Waals surface area contributed by atoms with Crippen LogP contribution in [0.3, 0.4) is 0 Å². The number of aliphatic carboxylic acids is 1. The SMILES string of the molecule is CC(C)C[C@H](NC(=O)[C@H]1CCC[C@@H](C(F)(F)F)C1)C(=O)O. The van der Waals surface area contributed by atoms with Gasteiger partial charge >= 0.3 is 12.1 Å². The Morgan fingerprint density at radius 2 is 1.90 bits per heavy atom. The molecule has 0 aromatic carbocycles. The normalized spacial score (nSPS) is 24.7. The van der Waals surface area contributed by atoms with E-state index in [0.717, 1.165) is 0 Å². The number of hydrogen-bond acceptors (Lipinski definition) is 2.